The van der Waals surface area contributed by atoms with Crippen molar-refractivity contribution in [1.29, 1.82) is 0 Å². The van der Waals surface area contributed by atoms with Gasteiger partial charge in [-0.2, -0.15) is 0 Å². The number of rotatable bonds is 7. The van der Waals surface area contributed by atoms with Crippen LogP contribution in [0.5, 0.6) is 11.5 Å². The second-order valence-electron chi connectivity index (χ2n) is 8.02. The highest BCUT2D eigenvalue weighted by atomic mass is 19.1. The lowest BCUT2D eigenvalue weighted by Crippen LogP contribution is -2.45. The van der Waals surface area contributed by atoms with Crippen molar-refractivity contribution in [2.24, 2.45) is 10.9 Å². The molecule has 31 heavy (non-hydrogen) atoms. The van der Waals surface area contributed by atoms with Crippen molar-refractivity contribution in [2.75, 3.05) is 26.7 Å². The van der Waals surface area contributed by atoms with Gasteiger partial charge in [0.1, 0.15) is 17.3 Å². The average molecular weight is 427 g/mol. The molecule has 2 aromatic carbocycles. The van der Waals surface area contributed by atoms with Crippen LogP contribution in [0, 0.1) is 11.7 Å². The van der Waals surface area contributed by atoms with Gasteiger partial charge in [-0.3, -0.25) is 9.79 Å². The largest absolute Gasteiger partial charge is 0.457 e. The minimum absolute atomic E-state index is 0.0312. The molecule has 1 saturated heterocycles. The predicted octanol–water partition coefficient (Wildman–Crippen LogP) is 3.58. The topological polar surface area (TPSA) is 66.0 Å². The molecule has 0 spiro atoms. The molecule has 0 aliphatic carbocycles. The molecule has 1 atom stereocenters. The van der Waals surface area contributed by atoms with Crippen molar-refractivity contribution in [2.45, 2.75) is 32.7 Å². The Kier molecular flexibility index (Phi) is 7.87. The predicted molar refractivity (Wildman–Crippen MR) is 121 cm³/mol. The van der Waals surface area contributed by atoms with E-state index in [9.17, 15) is 9.18 Å². The molecule has 2 aromatic rings. The van der Waals surface area contributed by atoms with Crippen LogP contribution in [-0.4, -0.2) is 49.5 Å². The number of nitrogens with one attached hydrogen (secondary N) is 2. The molecule has 1 amide bonds. The summed E-state index contributed by atoms with van der Waals surface area (Å²) in [5, 5.41) is 6.75. The normalized spacial score (nSPS) is 16.5. The van der Waals surface area contributed by atoms with E-state index in [4.69, 9.17) is 4.74 Å². The van der Waals surface area contributed by atoms with Crippen molar-refractivity contribution in [3.8, 4) is 11.5 Å². The van der Waals surface area contributed by atoms with Crippen molar-refractivity contribution in [3.05, 3.63) is 59.9 Å². The third-order valence-electron chi connectivity index (χ3n) is 5.24. The fourth-order valence-electron chi connectivity index (χ4n) is 3.52. The van der Waals surface area contributed by atoms with Gasteiger partial charge < -0.3 is 20.3 Å². The number of hydrogen-bond acceptors (Lipinski definition) is 3. The van der Waals surface area contributed by atoms with E-state index in [-0.39, 0.29) is 23.7 Å². The first-order chi connectivity index (χ1) is 14.9. The lowest BCUT2D eigenvalue weighted by Gasteiger charge is -2.20. The molecule has 2 N–H and O–H groups in total. The zero-order chi connectivity index (χ0) is 22.2. The monoisotopic (exact) mass is 426 g/mol. The minimum atomic E-state index is -0.283. The highest BCUT2D eigenvalue weighted by molar-refractivity contribution is 5.81. The molecular formula is C24H31FN4O2. The second-order valence-corrected chi connectivity index (χ2v) is 8.02. The van der Waals surface area contributed by atoms with Crippen molar-refractivity contribution in [1.82, 2.24) is 15.5 Å². The van der Waals surface area contributed by atoms with Gasteiger partial charge >= 0.3 is 0 Å². The van der Waals surface area contributed by atoms with Crippen LogP contribution in [0.4, 0.5) is 4.39 Å². The highest BCUT2D eigenvalue weighted by Gasteiger charge is 2.27. The number of benzene rings is 2. The number of amides is 1. The summed E-state index contributed by atoms with van der Waals surface area (Å²) in [7, 11) is 1.75. The van der Waals surface area contributed by atoms with Gasteiger partial charge in [0.25, 0.3) is 0 Å². The molecule has 0 bridgehead atoms. The SMILES string of the molecule is CN=C(NCCc1ccc(Oc2ccc(F)cc2)cc1)NC1CCN(C(=O)C(C)C)C1. The van der Waals surface area contributed by atoms with Crippen molar-refractivity contribution >= 4 is 11.9 Å². The van der Waals surface area contributed by atoms with Gasteiger partial charge in [0.2, 0.25) is 5.91 Å². The van der Waals surface area contributed by atoms with Crippen molar-refractivity contribution in [3.63, 3.8) is 0 Å². The molecule has 3 rings (SSSR count). The summed E-state index contributed by atoms with van der Waals surface area (Å²) >= 11 is 0. The molecule has 6 nitrogen and oxygen atoms in total. The molecule has 166 valence electrons. The number of likely N-dealkylation sites (tertiary alicyclic amines) is 1. The number of nitrogens with zero attached hydrogens (tertiary/aromatic N) is 2. The van der Waals surface area contributed by atoms with Gasteiger partial charge in [0, 0.05) is 38.6 Å². The van der Waals surface area contributed by atoms with E-state index in [1.165, 1.54) is 17.7 Å². The lowest BCUT2D eigenvalue weighted by molar-refractivity contribution is -0.133. The zero-order valence-corrected chi connectivity index (χ0v) is 18.4. The van der Waals surface area contributed by atoms with Gasteiger partial charge in [-0.25, -0.2) is 4.39 Å². The highest BCUT2D eigenvalue weighted by Crippen LogP contribution is 2.22. The van der Waals surface area contributed by atoms with Crippen LogP contribution in [0.3, 0.4) is 0 Å². The van der Waals surface area contributed by atoms with E-state index in [1.54, 1.807) is 19.2 Å². The molecule has 1 aliphatic rings. The van der Waals surface area contributed by atoms with Crippen molar-refractivity contribution < 1.29 is 13.9 Å². The quantitative estimate of drug-likeness (QED) is 0.525. The molecular weight excluding hydrogens is 395 g/mol. The van der Waals surface area contributed by atoms with E-state index in [0.29, 0.717) is 18.0 Å². The maximum atomic E-state index is 13.0. The standard InChI is InChI=1S/C24H31FN4O2/c1-17(2)23(30)29-15-13-20(16-29)28-24(26-3)27-14-12-18-4-8-21(9-5-18)31-22-10-6-19(25)7-11-22/h4-11,17,20H,12-16H2,1-3H3,(H2,26,27,28). The Morgan fingerprint density at radius 2 is 1.81 bits per heavy atom. The fraction of sp³-hybridized carbons (Fsp3) is 0.417. The molecule has 7 heteroatoms. The molecule has 1 heterocycles. The molecule has 0 radical (unpaired) electrons. The summed E-state index contributed by atoms with van der Waals surface area (Å²) in [5.41, 5.74) is 1.17. The molecule has 0 aromatic heterocycles. The summed E-state index contributed by atoms with van der Waals surface area (Å²) in [6.45, 7) is 6.11. The first-order valence-electron chi connectivity index (χ1n) is 10.7. The maximum absolute atomic E-state index is 13.0. The van der Waals surface area contributed by atoms with Crippen LogP contribution in [-0.2, 0) is 11.2 Å². The first-order valence-corrected chi connectivity index (χ1v) is 10.7. The molecule has 1 unspecified atom stereocenters. The van der Waals surface area contributed by atoms with Crippen LogP contribution >= 0.6 is 0 Å². The summed E-state index contributed by atoms with van der Waals surface area (Å²) in [4.78, 5) is 18.4. The summed E-state index contributed by atoms with van der Waals surface area (Å²) in [6, 6.07) is 14.0. The summed E-state index contributed by atoms with van der Waals surface area (Å²) in [6.07, 6.45) is 1.76. The zero-order valence-electron chi connectivity index (χ0n) is 18.4. The van der Waals surface area contributed by atoms with E-state index in [2.05, 4.69) is 15.6 Å². The van der Waals surface area contributed by atoms with E-state index >= 15 is 0 Å². The van der Waals surface area contributed by atoms with E-state index < -0.39 is 0 Å². The summed E-state index contributed by atoms with van der Waals surface area (Å²) in [5.74, 6) is 2.02. The Morgan fingerprint density at radius 1 is 1.16 bits per heavy atom. The number of halogens is 1. The third-order valence-corrected chi connectivity index (χ3v) is 5.24. The molecule has 1 aliphatic heterocycles. The van der Waals surface area contributed by atoms with Crippen LogP contribution in [0.15, 0.2) is 53.5 Å². The number of carbonyl (C=O) groups excluding carboxylic acids is 1. The van der Waals surface area contributed by atoms with Crippen LogP contribution in [0.1, 0.15) is 25.8 Å². The maximum Gasteiger partial charge on any atom is 0.225 e. The Hall–Kier alpha value is -3.09. The van der Waals surface area contributed by atoms with Crippen LogP contribution in [0.25, 0.3) is 0 Å². The van der Waals surface area contributed by atoms with Gasteiger partial charge in [0.15, 0.2) is 5.96 Å². The Bertz CT molecular complexity index is 881. The average Bonchev–Trinajstić information content (AvgIpc) is 3.23. The van der Waals surface area contributed by atoms with Gasteiger partial charge in [-0.1, -0.05) is 26.0 Å². The number of hydrogen-bond donors (Lipinski definition) is 2. The number of carbonyl (C=O) groups is 1. The number of ether oxygens (including phenoxy) is 1. The van der Waals surface area contributed by atoms with Gasteiger partial charge in [0.05, 0.1) is 0 Å². The molecule has 0 saturated carbocycles. The molecule has 1 fully saturated rings. The minimum Gasteiger partial charge on any atom is -0.457 e. The Balaban J connectivity index is 1.41. The Morgan fingerprint density at radius 3 is 2.42 bits per heavy atom. The van der Waals surface area contributed by atoms with Gasteiger partial charge in [-0.15, -0.1) is 0 Å². The van der Waals surface area contributed by atoms with Crippen LogP contribution in [0.2, 0.25) is 0 Å². The number of aliphatic imine (C=N–C) groups is 1. The third kappa shape index (κ3) is 6.70. The summed E-state index contributed by atoms with van der Waals surface area (Å²) < 4.78 is 18.7. The van der Waals surface area contributed by atoms with Gasteiger partial charge in [-0.05, 0) is 54.8 Å². The number of guanidine groups is 1. The van der Waals surface area contributed by atoms with E-state index in [0.717, 1.165) is 31.9 Å². The smallest absolute Gasteiger partial charge is 0.225 e. The van der Waals surface area contributed by atoms with E-state index in [1.807, 2.05) is 43.0 Å². The second kappa shape index (κ2) is 10.8. The first kappa shape index (κ1) is 22.6. The van der Waals surface area contributed by atoms with Crippen LogP contribution < -0.4 is 15.4 Å². The fourth-order valence-corrected chi connectivity index (χ4v) is 3.52. The Labute approximate surface area is 183 Å². The lowest BCUT2D eigenvalue weighted by atomic mass is 10.1.